The number of nitrogens with one attached hydrogen (secondary N) is 2. The van der Waals surface area contributed by atoms with Crippen LogP contribution < -0.4 is 10.6 Å². The van der Waals surface area contributed by atoms with Crippen molar-refractivity contribution in [3.8, 4) is 0 Å². The zero-order valence-electron chi connectivity index (χ0n) is 15.3. The van der Waals surface area contributed by atoms with E-state index in [0.717, 1.165) is 13.0 Å². The van der Waals surface area contributed by atoms with Crippen LogP contribution in [0.5, 0.6) is 0 Å². The third-order valence-corrected chi connectivity index (χ3v) is 3.95. The van der Waals surface area contributed by atoms with Crippen LogP contribution in [0.2, 0.25) is 0 Å². The van der Waals surface area contributed by atoms with E-state index in [1.54, 1.807) is 0 Å². The van der Waals surface area contributed by atoms with E-state index in [-0.39, 0.29) is 11.9 Å². The van der Waals surface area contributed by atoms with Crippen LogP contribution in [0.25, 0.3) is 0 Å². The summed E-state index contributed by atoms with van der Waals surface area (Å²) in [4.78, 5) is 19.2. The molecule has 0 bridgehead atoms. The normalized spacial score (nSPS) is 18.8. The van der Waals surface area contributed by atoms with Crippen molar-refractivity contribution in [2.75, 3.05) is 46.3 Å². The number of carbonyl (C=O) groups excluding carboxylic acids is 1. The first-order valence-electron chi connectivity index (χ1n) is 8.83. The minimum absolute atomic E-state index is 0.152. The molecular formula is C16H30F3N5O. The maximum absolute atomic E-state index is 12.3. The summed E-state index contributed by atoms with van der Waals surface area (Å²) in [5.41, 5.74) is 0. The number of hydrogen-bond acceptors (Lipinski definition) is 3. The van der Waals surface area contributed by atoms with Gasteiger partial charge in [-0.15, -0.1) is 0 Å². The predicted octanol–water partition coefficient (Wildman–Crippen LogP) is 1.44. The number of carbonyl (C=O) groups is 1. The molecule has 0 saturated carbocycles. The second kappa shape index (κ2) is 10.5. The van der Waals surface area contributed by atoms with Crippen LogP contribution in [0.15, 0.2) is 4.99 Å². The molecule has 146 valence electrons. The molecule has 1 atom stereocenters. The highest BCUT2D eigenvalue weighted by atomic mass is 19.4. The lowest BCUT2D eigenvalue weighted by atomic mass is 10.3. The molecule has 1 amide bonds. The molecule has 1 saturated heterocycles. The Morgan fingerprint density at radius 2 is 2.08 bits per heavy atom. The Kier molecular flexibility index (Phi) is 9.02. The monoisotopic (exact) mass is 365 g/mol. The molecule has 0 aromatic heterocycles. The molecule has 1 fully saturated rings. The molecule has 6 nitrogen and oxygen atoms in total. The van der Waals surface area contributed by atoms with Crippen molar-refractivity contribution in [1.29, 1.82) is 0 Å². The first kappa shape index (κ1) is 21.5. The molecule has 2 N–H and O–H groups in total. The number of amides is 1. The van der Waals surface area contributed by atoms with Crippen LogP contribution in [-0.4, -0.2) is 80.2 Å². The maximum atomic E-state index is 12.3. The highest BCUT2D eigenvalue weighted by molar-refractivity contribution is 5.80. The maximum Gasteiger partial charge on any atom is 0.401 e. The van der Waals surface area contributed by atoms with Crippen LogP contribution in [0, 0.1) is 0 Å². The fourth-order valence-corrected chi connectivity index (χ4v) is 2.76. The third-order valence-electron chi connectivity index (χ3n) is 3.95. The standard InChI is InChI=1S/C16H30F3N5O/c1-4-14(25)24-10-7-13(11-24)22-15(20-5-2)21-8-6-9-23(3)12-16(17,18)19/h13H,4-12H2,1-3H3,(H2,20,21,22). The summed E-state index contributed by atoms with van der Waals surface area (Å²) in [5, 5.41) is 6.44. The molecule has 0 radical (unpaired) electrons. The van der Waals surface area contributed by atoms with Crippen LogP contribution >= 0.6 is 0 Å². The summed E-state index contributed by atoms with van der Waals surface area (Å²) in [6, 6.07) is 0.154. The Labute approximate surface area is 147 Å². The summed E-state index contributed by atoms with van der Waals surface area (Å²) in [6.45, 7) is 5.78. The topological polar surface area (TPSA) is 60.0 Å². The van der Waals surface area contributed by atoms with E-state index in [0.29, 0.717) is 45.0 Å². The van der Waals surface area contributed by atoms with Crippen molar-refractivity contribution in [3.63, 3.8) is 0 Å². The molecule has 9 heteroatoms. The van der Waals surface area contributed by atoms with Gasteiger partial charge in [-0.2, -0.15) is 13.2 Å². The van der Waals surface area contributed by atoms with Gasteiger partial charge in [-0.25, -0.2) is 0 Å². The molecule has 1 unspecified atom stereocenters. The summed E-state index contributed by atoms with van der Waals surface area (Å²) < 4.78 is 36.8. The summed E-state index contributed by atoms with van der Waals surface area (Å²) >= 11 is 0. The van der Waals surface area contributed by atoms with Gasteiger partial charge in [0, 0.05) is 38.6 Å². The van der Waals surface area contributed by atoms with Gasteiger partial charge in [0.05, 0.1) is 6.54 Å². The van der Waals surface area contributed by atoms with Gasteiger partial charge in [-0.3, -0.25) is 14.7 Å². The minimum Gasteiger partial charge on any atom is -0.357 e. The van der Waals surface area contributed by atoms with Crippen molar-refractivity contribution in [1.82, 2.24) is 20.4 Å². The number of aliphatic imine (C=N–C) groups is 1. The van der Waals surface area contributed by atoms with Crippen molar-refractivity contribution in [2.24, 2.45) is 4.99 Å². The second-order valence-corrected chi connectivity index (χ2v) is 6.29. The number of halogens is 3. The van der Waals surface area contributed by atoms with Gasteiger partial charge < -0.3 is 15.5 Å². The first-order chi connectivity index (χ1) is 11.7. The van der Waals surface area contributed by atoms with E-state index >= 15 is 0 Å². The molecule has 0 aliphatic carbocycles. The minimum atomic E-state index is -4.17. The number of rotatable bonds is 8. The summed E-state index contributed by atoms with van der Waals surface area (Å²) in [5.74, 6) is 0.802. The predicted molar refractivity (Wildman–Crippen MR) is 92.6 cm³/mol. The van der Waals surface area contributed by atoms with Crippen LogP contribution in [0.4, 0.5) is 13.2 Å². The van der Waals surface area contributed by atoms with Gasteiger partial charge in [0.1, 0.15) is 0 Å². The Balaban J connectivity index is 2.38. The molecule has 1 aliphatic rings. The zero-order valence-corrected chi connectivity index (χ0v) is 15.3. The zero-order chi connectivity index (χ0) is 18.9. The largest absolute Gasteiger partial charge is 0.401 e. The van der Waals surface area contributed by atoms with Crippen molar-refractivity contribution in [2.45, 2.75) is 45.3 Å². The van der Waals surface area contributed by atoms with Crippen LogP contribution in [0.3, 0.4) is 0 Å². The van der Waals surface area contributed by atoms with Gasteiger partial charge in [0.2, 0.25) is 5.91 Å². The molecule has 0 spiro atoms. The van der Waals surface area contributed by atoms with Crippen molar-refractivity contribution < 1.29 is 18.0 Å². The highest BCUT2D eigenvalue weighted by Gasteiger charge is 2.29. The van der Waals surface area contributed by atoms with Crippen molar-refractivity contribution >= 4 is 11.9 Å². The van der Waals surface area contributed by atoms with Gasteiger partial charge in [-0.05, 0) is 33.4 Å². The summed E-state index contributed by atoms with van der Waals surface area (Å²) in [7, 11) is 1.46. The van der Waals surface area contributed by atoms with Gasteiger partial charge in [-0.1, -0.05) is 6.92 Å². The van der Waals surface area contributed by atoms with Gasteiger partial charge >= 0.3 is 6.18 Å². The van der Waals surface area contributed by atoms with Crippen LogP contribution in [-0.2, 0) is 4.79 Å². The number of nitrogens with zero attached hydrogens (tertiary/aromatic N) is 3. The molecule has 25 heavy (non-hydrogen) atoms. The Morgan fingerprint density at radius 3 is 2.68 bits per heavy atom. The highest BCUT2D eigenvalue weighted by Crippen LogP contribution is 2.15. The first-order valence-corrected chi connectivity index (χ1v) is 8.83. The van der Waals surface area contributed by atoms with Gasteiger partial charge in [0.15, 0.2) is 5.96 Å². The number of guanidine groups is 1. The SMILES string of the molecule is CCNC(=NCCCN(C)CC(F)(F)F)NC1CCN(C(=O)CC)C1. The average Bonchev–Trinajstić information content (AvgIpc) is 2.97. The van der Waals surface area contributed by atoms with E-state index in [2.05, 4.69) is 15.6 Å². The molecule has 1 heterocycles. The molecule has 0 aromatic carbocycles. The molecular weight excluding hydrogens is 335 g/mol. The van der Waals surface area contributed by atoms with E-state index < -0.39 is 12.7 Å². The third kappa shape index (κ3) is 8.94. The quantitative estimate of drug-likeness (QED) is 0.388. The lowest BCUT2D eigenvalue weighted by Gasteiger charge is -2.19. The van der Waals surface area contributed by atoms with Crippen molar-refractivity contribution in [3.05, 3.63) is 0 Å². The molecule has 1 aliphatic heterocycles. The number of alkyl halides is 3. The number of hydrogen-bond donors (Lipinski definition) is 2. The Bertz CT molecular complexity index is 442. The average molecular weight is 365 g/mol. The van der Waals surface area contributed by atoms with Gasteiger partial charge in [0.25, 0.3) is 0 Å². The van der Waals surface area contributed by atoms with E-state index in [4.69, 9.17) is 0 Å². The molecule has 0 aromatic rings. The smallest absolute Gasteiger partial charge is 0.357 e. The Morgan fingerprint density at radius 1 is 1.36 bits per heavy atom. The fraction of sp³-hybridized carbons (Fsp3) is 0.875. The molecule has 1 rings (SSSR count). The van der Waals surface area contributed by atoms with Crippen LogP contribution in [0.1, 0.15) is 33.1 Å². The summed E-state index contributed by atoms with van der Waals surface area (Å²) in [6.07, 6.45) is -2.25. The van der Waals surface area contributed by atoms with E-state index in [1.165, 1.54) is 11.9 Å². The van der Waals surface area contributed by atoms with E-state index in [9.17, 15) is 18.0 Å². The van der Waals surface area contributed by atoms with E-state index in [1.807, 2.05) is 18.7 Å². The lowest BCUT2D eigenvalue weighted by Crippen LogP contribution is -2.45. The Hall–Kier alpha value is -1.51. The number of likely N-dealkylation sites (tertiary alicyclic amines) is 1. The fourth-order valence-electron chi connectivity index (χ4n) is 2.76. The second-order valence-electron chi connectivity index (χ2n) is 6.29. The lowest BCUT2D eigenvalue weighted by molar-refractivity contribution is -0.143.